The second kappa shape index (κ2) is 5.55. The van der Waals surface area contributed by atoms with Gasteiger partial charge in [0.05, 0.1) is 5.56 Å². The van der Waals surface area contributed by atoms with E-state index in [1.807, 2.05) is 6.92 Å². The van der Waals surface area contributed by atoms with E-state index in [0.717, 1.165) is 6.07 Å². The van der Waals surface area contributed by atoms with E-state index in [1.54, 1.807) is 0 Å². The Labute approximate surface area is 92.6 Å². The molecule has 88 valence electrons. The van der Waals surface area contributed by atoms with Crippen LogP contribution in [0.1, 0.15) is 17.3 Å². The first-order valence-corrected chi connectivity index (χ1v) is 4.98. The molecular formula is C11H14F2N2O. The fraction of sp³-hybridized carbons (Fsp3) is 0.364. The van der Waals surface area contributed by atoms with Crippen LogP contribution in [-0.2, 0) is 0 Å². The van der Waals surface area contributed by atoms with Crippen LogP contribution in [0.4, 0.5) is 8.78 Å². The summed E-state index contributed by atoms with van der Waals surface area (Å²) in [7, 11) is 0. The van der Waals surface area contributed by atoms with E-state index < -0.39 is 17.5 Å². The molecule has 0 aliphatic rings. The standard InChI is InChI=1S/C11H14F2N2O/c1-7(5-14)6-15-11(16)8-3-2-4-9(12)10(8)13/h2-4,7H,5-6,14H2,1H3,(H,15,16). The highest BCUT2D eigenvalue weighted by Crippen LogP contribution is 2.11. The number of nitrogens with two attached hydrogens (primary N) is 1. The number of hydrogen-bond donors (Lipinski definition) is 2. The van der Waals surface area contributed by atoms with Crippen molar-refractivity contribution >= 4 is 5.91 Å². The predicted molar refractivity (Wildman–Crippen MR) is 56.9 cm³/mol. The fourth-order valence-electron chi connectivity index (χ4n) is 1.12. The van der Waals surface area contributed by atoms with Gasteiger partial charge in [-0.05, 0) is 24.6 Å². The molecule has 1 unspecified atom stereocenters. The van der Waals surface area contributed by atoms with Crippen LogP contribution in [-0.4, -0.2) is 19.0 Å². The molecule has 0 fully saturated rings. The third-order valence-corrected chi connectivity index (χ3v) is 2.21. The molecule has 1 atom stereocenters. The Balaban J connectivity index is 2.70. The summed E-state index contributed by atoms with van der Waals surface area (Å²) in [6, 6.07) is 3.50. The van der Waals surface area contributed by atoms with E-state index in [0.29, 0.717) is 13.1 Å². The molecule has 1 rings (SSSR count). The molecule has 0 saturated heterocycles. The second-order valence-electron chi connectivity index (χ2n) is 3.65. The van der Waals surface area contributed by atoms with E-state index >= 15 is 0 Å². The number of carbonyl (C=O) groups excluding carboxylic acids is 1. The van der Waals surface area contributed by atoms with Gasteiger partial charge in [-0.1, -0.05) is 13.0 Å². The zero-order chi connectivity index (χ0) is 12.1. The topological polar surface area (TPSA) is 55.1 Å². The smallest absolute Gasteiger partial charge is 0.254 e. The van der Waals surface area contributed by atoms with Gasteiger partial charge in [0.2, 0.25) is 0 Å². The molecule has 16 heavy (non-hydrogen) atoms. The summed E-state index contributed by atoms with van der Waals surface area (Å²) < 4.78 is 26.0. The van der Waals surface area contributed by atoms with Crippen LogP contribution in [0.2, 0.25) is 0 Å². The molecule has 1 aromatic rings. The second-order valence-corrected chi connectivity index (χ2v) is 3.65. The van der Waals surface area contributed by atoms with Crippen molar-refractivity contribution in [1.29, 1.82) is 0 Å². The van der Waals surface area contributed by atoms with Crippen molar-refractivity contribution in [2.24, 2.45) is 11.7 Å². The van der Waals surface area contributed by atoms with E-state index in [4.69, 9.17) is 5.73 Å². The summed E-state index contributed by atoms with van der Waals surface area (Å²) in [4.78, 5) is 11.5. The zero-order valence-electron chi connectivity index (χ0n) is 8.97. The molecule has 3 N–H and O–H groups in total. The minimum absolute atomic E-state index is 0.0978. The lowest BCUT2D eigenvalue weighted by molar-refractivity contribution is 0.0943. The molecule has 0 aliphatic carbocycles. The summed E-state index contributed by atoms with van der Waals surface area (Å²) in [6.45, 7) is 2.61. The average molecular weight is 228 g/mol. The van der Waals surface area contributed by atoms with Gasteiger partial charge in [-0.15, -0.1) is 0 Å². The molecule has 3 nitrogen and oxygen atoms in total. The van der Waals surface area contributed by atoms with Gasteiger partial charge < -0.3 is 11.1 Å². The van der Waals surface area contributed by atoms with Gasteiger partial charge in [0.15, 0.2) is 11.6 Å². The lowest BCUT2D eigenvalue weighted by Crippen LogP contribution is -2.31. The molecule has 5 heteroatoms. The van der Waals surface area contributed by atoms with Crippen LogP contribution < -0.4 is 11.1 Å². The molecule has 0 aliphatic heterocycles. The summed E-state index contributed by atoms with van der Waals surface area (Å²) in [5.74, 6) is -2.68. The maximum absolute atomic E-state index is 13.2. The lowest BCUT2D eigenvalue weighted by atomic mass is 10.1. The lowest BCUT2D eigenvalue weighted by Gasteiger charge is -2.10. The number of benzene rings is 1. The van der Waals surface area contributed by atoms with Gasteiger partial charge in [-0.3, -0.25) is 4.79 Å². The van der Waals surface area contributed by atoms with Gasteiger partial charge in [0.25, 0.3) is 5.91 Å². The summed E-state index contributed by atoms with van der Waals surface area (Å²) in [5, 5.41) is 2.49. The molecule has 0 bridgehead atoms. The van der Waals surface area contributed by atoms with Crippen molar-refractivity contribution in [1.82, 2.24) is 5.32 Å². The number of hydrogen-bond acceptors (Lipinski definition) is 2. The fourth-order valence-corrected chi connectivity index (χ4v) is 1.12. The van der Waals surface area contributed by atoms with Crippen LogP contribution >= 0.6 is 0 Å². The van der Waals surface area contributed by atoms with Crippen LogP contribution in [0.25, 0.3) is 0 Å². The van der Waals surface area contributed by atoms with Crippen LogP contribution in [0.3, 0.4) is 0 Å². The number of rotatable bonds is 4. The summed E-state index contributed by atoms with van der Waals surface area (Å²) in [6.07, 6.45) is 0. The maximum atomic E-state index is 13.2. The zero-order valence-corrected chi connectivity index (χ0v) is 8.97. The van der Waals surface area contributed by atoms with Gasteiger partial charge >= 0.3 is 0 Å². The largest absolute Gasteiger partial charge is 0.352 e. The molecule has 0 radical (unpaired) electrons. The van der Waals surface area contributed by atoms with Crippen molar-refractivity contribution in [3.8, 4) is 0 Å². The Morgan fingerprint density at radius 2 is 2.19 bits per heavy atom. The third-order valence-electron chi connectivity index (χ3n) is 2.21. The van der Waals surface area contributed by atoms with E-state index in [-0.39, 0.29) is 11.5 Å². The van der Waals surface area contributed by atoms with E-state index in [9.17, 15) is 13.6 Å². The normalized spacial score (nSPS) is 12.2. The third kappa shape index (κ3) is 3.00. The Hall–Kier alpha value is -1.49. The van der Waals surface area contributed by atoms with Crippen LogP contribution in [0.15, 0.2) is 18.2 Å². The highest BCUT2D eigenvalue weighted by molar-refractivity contribution is 5.94. The number of amides is 1. The molecule has 1 amide bonds. The number of carbonyl (C=O) groups is 1. The molecule has 1 aromatic carbocycles. The minimum Gasteiger partial charge on any atom is -0.352 e. The van der Waals surface area contributed by atoms with Gasteiger partial charge in [-0.2, -0.15) is 0 Å². The monoisotopic (exact) mass is 228 g/mol. The van der Waals surface area contributed by atoms with Crippen molar-refractivity contribution in [2.75, 3.05) is 13.1 Å². The SMILES string of the molecule is CC(CN)CNC(=O)c1cccc(F)c1F. The Kier molecular flexibility index (Phi) is 4.37. The van der Waals surface area contributed by atoms with Crippen molar-refractivity contribution in [2.45, 2.75) is 6.92 Å². The van der Waals surface area contributed by atoms with Crippen LogP contribution in [0, 0.1) is 17.6 Å². The molecule has 0 spiro atoms. The summed E-state index contributed by atoms with van der Waals surface area (Å²) >= 11 is 0. The Morgan fingerprint density at radius 3 is 2.81 bits per heavy atom. The quantitative estimate of drug-likeness (QED) is 0.815. The first kappa shape index (κ1) is 12.6. The Morgan fingerprint density at radius 1 is 1.50 bits per heavy atom. The maximum Gasteiger partial charge on any atom is 0.254 e. The molecule has 0 heterocycles. The number of halogens is 2. The van der Waals surface area contributed by atoms with Crippen molar-refractivity contribution in [3.05, 3.63) is 35.4 Å². The van der Waals surface area contributed by atoms with Crippen molar-refractivity contribution < 1.29 is 13.6 Å². The molecular weight excluding hydrogens is 214 g/mol. The first-order valence-electron chi connectivity index (χ1n) is 4.98. The highest BCUT2D eigenvalue weighted by Gasteiger charge is 2.14. The van der Waals surface area contributed by atoms with E-state index in [1.165, 1.54) is 12.1 Å². The molecule has 0 aromatic heterocycles. The Bertz CT molecular complexity index is 382. The van der Waals surface area contributed by atoms with E-state index in [2.05, 4.69) is 5.32 Å². The highest BCUT2D eigenvalue weighted by atomic mass is 19.2. The number of nitrogens with one attached hydrogen (secondary N) is 1. The predicted octanol–water partition coefficient (Wildman–Crippen LogP) is 1.29. The van der Waals surface area contributed by atoms with Gasteiger partial charge in [0, 0.05) is 6.54 Å². The van der Waals surface area contributed by atoms with Gasteiger partial charge in [-0.25, -0.2) is 8.78 Å². The average Bonchev–Trinajstić information content (AvgIpc) is 2.29. The van der Waals surface area contributed by atoms with Crippen molar-refractivity contribution in [3.63, 3.8) is 0 Å². The van der Waals surface area contributed by atoms with Crippen LogP contribution in [0.5, 0.6) is 0 Å². The summed E-state index contributed by atoms with van der Waals surface area (Å²) in [5.41, 5.74) is 5.08. The molecule has 0 saturated carbocycles. The minimum atomic E-state index is -1.12. The van der Waals surface area contributed by atoms with Gasteiger partial charge in [0.1, 0.15) is 0 Å². The first-order chi connectivity index (χ1) is 7.56.